The van der Waals surface area contributed by atoms with Gasteiger partial charge in [0.15, 0.2) is 0 Å². The summed E-state index contributed by atoms with van der Waals surface area (Å²) >= 11 is 0. The number of hydrogen-bond acceptors (Lipinski definition) is 2. The quantitative estimate of drug-likeness (QED) is 0.911. The second-order valence-corrected chi connectivity index (χ2v) is 4.69. The molecule has 3 heteroatoms. The number of rotatable bonds is 4. The molecule has 0 bridgehead atoms. The molecule has 0 spiro atoms. The lowest BCUT2D eigenvalue weighted by Crippen LogP contribution is -2.06. The summed E-state index contributed by atoms with van der Waals surface area (Å²) in [5, 5.41) is 9.00. The standard InChI is InChI=1S/C17H17NO2/c1-3-4-13-9-16(11-18-10-13)15-7-5-14(6-8-15)12(2)17(19)20/h3-12H,1-2H3,(H,19,20). The SMILES string of the molecule is CC=Cc1cncc(-c2ccc(C(C)C(=O)O)cc2)c1. The number of aliphatic carboxylic acids is 1. The summed E-state index contributed by atoms with van der Waals surface area (Å²) in [7, 11) is 0. The van der Waals surface area contributed by atoms with Crippen LogP contribution >= 0.6 is 0 Å². The molecule has 0 radical (unpaired) electrons. The first-order valence-corrected chi connectivity index (χ1v) is 6.52. The van der Waals surface area contributed by atoms with Gasteiger partial charge in [0.05, 0.1) is 5.92 Å². The number of benzene rings is 1. The van der Waals surface area contributed by atoms with E-state index in [1.807, 2.05) is 55.7 Å². The predicted octanol–water partition coefficient (Wildman–Crippen LogP) is 3.97. The van der Waals surface area contributed by atoms with Gasteiger partial charge >= 0.3 is 5.97 Å². The summed E-state index contributed by atoms with van der Waals surface area (Å²) in [5.74, 6) is -1.30. The fourth-order valence-corrected chi connectivity index (χ4v) is 2.01. The van der Waals surface area contributed by atoms with Gasteiger partial charge in [0.2, 0.25) is 0 Å². The molecule has 0 saturated carbocycles. The third kappa shape index (κ3) is 3.12. The van der Waals surface area contributed by atoms with Crippen molar-refractivity contribution in [3.63, 3.8) is 0 Å². The van der Waals surface area contributed by atoms with Crippen molar-refractivity contribution in [3.05, 3.63) is 59.9 Å². The van der Waals surface area contributed by atoms with Gasteiger partial charge < -0.3 is 5.11 Å². The van der Waals surface area contributed by atoms with Gasteiger partial charge in [-0.3, -0.25) is 9.78 Å². The number of hydrogen-bond donors (Lipinski definition) is 1. The van der Waals surface area contributed by atoms with Gasteiger partial charge in [0, 0.05) is 18.0 Å². The summed E-state index contributed by atoms with van der Waals surface area (Å²) in [6.07, 6.45) is 7.59. The smallest absolute Gasteiger partial charge is 0.310 e. The first-order chi connectivity index (χ1) is 9.61. The highest BCUT2D eigenvalue weighted by atomic mass is 16.4. The number of nitrogens with zero attached hydrogens (tertiary/aromatic N) is 1. The molecule has 1 N–H and O–H groups in total. The second kappa shape index (κ2) is 6.15. The molecular formula is C17H17NO2. The van der Waals surface area contributed by atoms with E-state index in [0.29, 0.717) is 0 Å². The Kier molecular flexibility index (Phi) is 4.31. The fourth-order valence-electron chi connectivity index (χ4n) is 2.01. The molecule has 1 atom stereocenters. The Bertz CT molecular complexity index is 630. The van der Waals surface area contributed by atoms with Crippen LogP contribution in [0.5, 0.6) is 0 Å². The highest BCUT2D eigenvalue weighted by molar-refractivity contribution is 5.76. The lowest BCUT2D eigenvalue weighted by atomic mass is 9.98. The maximum absolute atomic E-state index is 11.0. The second-order valence-electron chi connectivity index (χ2n) is 4.69. The van der Waals surface area contributed by atoms with E-state index in [4.69, 9.17) is 5.11 Å². The maximum atomic E-state index is 11.0. The fraction of sp³-hybridized carbons (Fsp3) is 0.176. The molecule has 0 amide bonds. The van der Waals surface area contributed by atoms with Crippen LogP contribution in [0.3, 0.4) is 0 Å². The molecule has 102 valence electrons. The molecule has 0 fully saturated rings. The predicted molar refractivity (Wildman–Crippen MR) is 80.4 cm³/mol. The molecule has 3 nitrogen and oxygen atoms in total. The van der Waals surface area contributed by atoms with Crippen molar-refractivity contribution in [2.24, 2.45) is 0 Å². The molecule has 0 saturated heterocycles. The monoisotopic (exact) mass is 267 g/mol. The molecule has 2 aromatic rings. The third-order valence-electron chi connectivity index (χ3n) is 3.23. The molecule has 20 heavy (non-hydrogen) atoms. The number of pyridine rings is 1. The Hall–Kier alpha value is -2.42. The van der Waals surface area contributed by atoms with E-state index in [1.165, 1.54) is 0 Å². The summed E-state index contributed by atoms with van der Waals surface area (Å²) < 4.78 is 0. The zero-order valence-electron chi connectivity index (χ0n) is 11.6. The van der Waals surface area contributed by atoms with Crippen molar-refractivity contribution in [3.8, 4) is 11.1 Å². The Morgan fingerprint density at radius 2 is 1.90 bits per heavy atom. The van der Waals surface area contributed by atoms with Crippen LogP contribution in [0.1, 0.15) is 30.9 Å². The number of allylic oxidation sites excluding steroid dienone is 1. The Morgan fingerprint density at radius 3 is 2.50 bits per heavy atom. The summed E-state index contributed by atoms with van der Waals surface area (Å²) in [6.45, 7) is 3.65. The van der Waals surface area contributed by atoms with Crippen molar-refractivity contribution in [2.75, 3.05) is 0 Å². The van der Waals surface area contributed by atoms with Gasteiger partial charge in [-0.1, -0.05) is 36.4 Å². The first-order valence-electron chi connectivity index (χ1n) is 6.52. The average molecular weight is 267 g/mol. The van der Waals surface area contributed by atoms with E-state index in [-0.39, 0.29) is 0 Å². The van der Waals surface area contributed by atoms with Crippen molar-refractivity contribution in [1.82, 2.24) is 4.98 Å². The van der Waals surface area contributed by atoms with Crippen LogP contribution in [0.15, 0.2) is 48.8 Å². The Labute approximate surface area is 118 Å². The molecule has 1 aromatic carbocycles. The van der Waals surface area contributed by atoms with E-state index < -0.39 is 11.9 Å². The highest BCUT2D eigenvalue weighted by Crippen LogP contribution is 2.23. The lowest BCUT2D eigenvalue weighted by molar-refractivity contribution is -0.138. The van der Waals surface area contributed by atoms with Crippen molar-refractivity contribution >= 4 is 12.0 Å². The van der Waals surface area contributed by atoms with Crippen LogP contribution in [0, 0.1) is 0 Å². The van der Waals surface area contributed by atoms with Crippen molar-refractivity contribution < 1.29 is 9.90 Å². The Morgan fingerprint density at radius 1 is 1.20 bits per heavy atom. The molecular weight excluding hydrogens is 250 g/mol. The largest absolute Gasteiger partial charge is 0.481 e. The topological polar surface area (TPSA) is 50.2 Å². The summed E-state index contributed by atoms with van der Waals surface area (Å²) in [4.78, 5) is 15.2. The van der Waals surface area contributed by atoms with Crippen LogP contribution in [-0.2, 0) is 4.79 Å². The molecule has 2 rings (SSSR count). The number of aromatic nitrogens is 1. The lowest BCUT2D eigenvalue weighted by Gasteiger charge is -2.08. The molecule has 0 aliphatic carbocycles. The van der Waals surface area contributed by atoms with E-state index in [9.17, 15) is 4.79 Å². The molecule has 1 heterocycles. The number of carboxylic acids is 1. The van der Waals surface area contributed by atoms with E-state index >= 15 is 0 Å². The zero-order valence-corrected chi connectivity index (χ0v) is 11.6. The van der Waals surface area contributed by atoms with Gasteiger partial charge in [-0.05, 0) is 36.6 Å². The summed E-state index contributed by atoms with van der Waals surface area (Å²) in [5.41, 5.74) is 3.91. The molecule has 0 aliphatic rings. The van der Waals surface area contributed by atoms with Crippen LogP contribution in [0.2, 0.25) is 0 Å². The first kappa shape index (κ1) is 14.0. The maximum Gasteiger partial charge on any atom is 0.310 e. The molecule has 0 aliphatic heterocycles. The van der Waals surface area contributed by atoms with E-state index in [0.717, 1.165) is 22.3 Å². The Balaban J connectivity index is 2.30. The van der Waals surface area contributed by atoms with Crippen molar-refractivity contribution in [2.45, 2.75) is 19.8 Å². The van der Waals surface area contributed by atoms with Crippen LogP contribution in [0.25, 0.3) is 17.2 Å². The van der Waals surface area contributed by atoms with Crippen LogP contribution in [-0.4, -0.2) is 16.1 Å². The zero-order chi connectivity index (χ0) is 14.5. The third-order valence-corrected chi connectivity index (χ3v) is 3.23. The van der Waals surface area contributed by atoms with Crippen LogP contribution < -0.4 is 0 Å². The van der Waals surface area contributed by atoms with Gasteiger partial charge in [0.1, 0.15) is 0 Å². The minimum absolute atomic E-state index is 0.489. The number of carboxylic acid groups (broad SMARTS) is 1. The average Bonchev–Trinajstić information content (AvgIpc) is 2.47. The molecule has 1 unspecified atom stereocenters. The highest BCUT2D eigenvalue weighted by Gasteiger charge is 2.13. The minimum Gasteiger partial charge on any atom is -0.481 e. The summed E-state index contributed by atoms with van der Waals surface area (Å²) in [6, 6.07) is 9.64. The van der Waals surface area contributed by atoms with E-state index in [2.05, 4.69) is 11.1 Å². The number of carbonyl (C=O) groups is 1. The van der Waals surface area contributed by atoms with Gasteiger partial charge in [-0.15, -0.1) is 0 Å². The van der Waals surface area contributed by atoms with Gasteiger partial charge in [0.25, 0.3) is 0 Å². The normalized spacial score (nSPS) is 12.5. The van der Waals surface area contributed by atoms with Crippen LogP contribution in [0.4, 0.5) is 0 Å². The molecule has 1 aromatic heterocycles. The minimum atomic E-state index is -0.811. The van der Waals surface area contributed by atoms with Gasteiger partial charge in [-0.2, -0.15) is 0 Å². The van der Waals surface area contributed by atoms with Gasteiger partial charge in [-0.25, -0.2) is 0 Å². The van der Waals surface area contributed by atoms with Crippen molar-refractivity contribution in [1.29, 1.82) is 0 Å². The van der Waals surface area contributed by atoms with E-state index in [1.54, 1.807) is 6.92 Å².